The molecule has 0 fully saturated rings. The lowest BCUT2D eigenvalue weighted by atomic mass is 10.0. The van der Waals surface area contributed by atoms with Gasteiger partial charge in [0, 0.05) is 23.2 Å². The van der Waals surface area contributed by atoms with E-state index in [1.54, 1.807) is 31.2 Å². The normalized spacial score (nSPS) is 14.9. The first-order chi connectivity index (χ1) is 11.5. The topological polar surface area (TPSA) is 29.5 Å². The molecule has 1 atom stereocenters. The summed E-state index contributed by atoms with van der Waals surface area (Å²) in [5, 5.41) is 0.500. The van der Waals surface area contributed by atoms with Crippen molar-refractivity contribution in [3.8, 4) is 5.75 Å². The van der Waals surface area contributed by atoms with E-state index in [2.05, 4.69) is 0 Å². The summed E-state index contributed by atoms with van der Waals surface area (Å²) in [6, 6.07) is 8.76. The van der Waals surface area contributed by atoms with Crippen LogP contribution < -0.4 is 9.64 Å². The van der Waals surface area contributed by atoms with Crippen molar-refractivity contribution in [2.24, 2.45) is 0 Å². The number of nitrogens with zero attached hydrogens (tertiary/aromatic N) is 1. The molecule has 2 aromatic rings. The van der Waals surface area contributed by atoms with E-state index in [1.807, 2.05) is 0 Å². The highest BCUT2D eigenvalue weighted by molar-refractivity contribution is 6.30. The van der Waals surface area contributed by atoms with Crippen LogP contribution in [0.25, 0.3) is 0 Å². The minimum atomic E-state index is -0.805. The molecule has 0 bridgehead atoms. The smallest absolute Gasteiger partial charge is 0.267 e. The Morgan fingerprint density at radius 2 is 2.08 bits per heavy atom. The summed E-state index contributed by atoms with van der Waals surface area (Å²) in [5.41, 5.74) is 0.649. The number of rotatable bonds is 3. The maximum absolute atomic E-state index is 13.9. The zero-order valence-corrected chi connectivity index (χ0v) is 13.8. The summed E-state index contributed by atoms with van der Waals surface area (Å²) in [5.74, 6) is -1.20. The summed E-state index contributed by atoms with van der Waals surface area (Å²) < 4.78 is 33.1. The van der Waals surface area contributed by atoms with Gasteiger partial charge >= 0.3 is 0 Å². The van der Waals surface area contributed by atoms with Crippen LogP contribution in [-0.2, 0) is 11.2 Å². The molecule has 0 aromatic heterocycles. The third-order valence-corrected chi connectivity index (χ3v) is 4.19. The van der Waals surface area contributed by atoms with Gasteiger partial charge in [-0.15, -0.1) is 0 Å². The number of carbonyl (C=O) groups is 1. The number of benzene rings is 2. The third kappa shape index (κ3) is 3.36. The van der Waals surface area contributed by atoms with Crippen molar-refractivity contribution in [2.75, 3.05) is 11.4 Å². The fourth-order valence-electron chi connectivity index (χ4n) is 2.86. The maximum Gasteiger partial charge on any atom is 0.267 e. The number of hydrogen-bond donors (Lipinski definition) is 0. The van der Waals surface area contributed by atoms with E-state index < -0.39 is 17.7 Å². The second kappa shape index (κ2) is 6.77. The van der Waals surface area contributed by atoms with Gasteiger partial charge in [-0.1, -0.05) is 17.7 Å². The molecular weight excluding hydrogens is 336 g/mol. The van der Waals surface area contributed by atoms with Crippen LogP contribution in [0.5, 0.6) is 5.75 Å². The number of ether oxygens (including phenoxy) is 1. The fourth-order valence-corrected chi connectivity index (χ4v) is 3.04. The van der Waals surface area contributed by atoms with Crippen molar-refractivity contribution in [2.45, 2.75) is 25.9 Å². The summed E-state index contributed by atoms with van der Waals surface area (Å²) in [6.45, 7) is 2.01. The number of amides is 1. The Morgan fingerprint density at radius 1 is 1.29 bits per heavy atom. The molecule has 1 heterocycles. The highest BCUT2D eigenvalue weighted by Gasteiger charge is 2.29. The predicted octanol–water partition coefficient (Wildman–Crippen LogP) is 4.36. The number of anilines is 1. The van der Waals surface area contributed by atoms with Crippen LogP contribution in [0.15, 0.2) is 36.4 Å². The second-order valence-corrected chi connectivity index (χ2v) is 6.13. The van der Waals surface area contributed by atoms with E-state index in [-0.39, 0.29) is 11.6 Å². The Balaban J connectivity index is 1.83. The van der Waals surface area contributed by atoms with Crippen LogP contribution in [0.3, 0.4) is 0 Å². The predicted molar refractivity (Wildman–Crippen MR) is 88.6 cm³/mol. The average Bonchev–Trinajstić information content (AvgIpc) is 2.53. The second-order valence-electron chi connectivity index (χ2n) is 5.70. The molecule has 24 heavy (non-hydrogen) atoms. The first-order valence-electron chi connectivity index (χ1n) is 7.67. The lowest BCUT2D eigenvalue weighted by molar-refractivity contribution is -0.124. The van der Waals surface area contributed by atoms with Crippen LogP contribution >= 0.6 is 11.6 Å². The summed E-state index contributed by atoms with van der Waals surface area (Å²) in [7, 11) is 0. The lowest BCUT2D eigenvalue weighted by Gasteiger charge is -2.31. The van der Waals surface area contributed by atoms with Crippen molar-refractivity contribution in [3.05, 3.63) is 58.6 Å². The summed E-state index contributed by atoms with van der Waals surface area (Å²) in [6.07, 6.45) is 0.292. The Bertz CT molecular complexity index is 782. The van der Waals surface area contributed by atoms with E-state index in [0.29, 0.717) is 35.7 Å². The number of carbonyl (C=O) groups excluding carboxylic acids is 1. The van der Waals surface area contributed by atoms with Gasteiger partial charge in [-0.2, -0.15) is 0 Å². The fraction of sp³-hybridized carbons (Fsp3) is 0.278. The molecule has 0 aliphatic carbocycles. The summed E-state index contributed by atoms with van der Waals surface area (Å²) in [4.78, 5) is 14.1. The van der Waals surface area contributed by atoms with Crippen LogP contribution in [0.2, 0.25) is 5.02 Å². The van der Waals surface area contributed by atoms with Crippen molar-refractivity contribution in [1.82, 2.24) is 0 Å². The monoisotopic (exact) mass is 351 g/mol. The van der Waals surface area contributed by atoms with E-state index in [1.165, 1.54) is 11.0 Å². The molecule has 126 valence electrons. The quantitative estimate of drug-likeness (QED) is 0.822. The van der Waals surface area contributed by atoms with Gasteiger partial charge in [-0.05, 0) is 44.0 Å². The van der Waals surface area contributed by atoms with Crippen molar-refractivity contribution < 1.29 is 18.3 Å². The van der Waals surface area contributed by atoms with E-state index in [9.17, 15) is 13.6 Å². The van der Waals surface area contributed by atoms with Crippen molar-refractivity contribution >= 4 is 23.2 Å². The number of halogens is 3. The molecule has 0 spiro atoms. The van der Waals surface area contributed by atoms with Crippen LogP contribution in [0, 0.1) is 11.6 Å². The van der Waals surface area contributed by atoms with Gasteiger partial charge in [0.15, 0.2) is 6.10 Å². The van der Waals surface area contributed by atoms with Gasteiger partial charge in [0.05, 0.1) is 5.69 Å². The number of hydrogen-bond acceptors (Lipinski definition) is 2. The molecule has 1 aliphatic rings. The summed E-state index contributed by atoms with van der Waals surface area (Å²) >= 11 is 5.90. The molecule has 6 heteroatoms. The maximum atomic E-state index is 13.9. The lowest BCUT2D eigenvalue weighted by Crippen LogP contribution is -2.43. The molecule has 0 radical (unpaired) electrons. The third-order valence-electron chi connectivity index (χ3n) is 3.96. The Labute approximate surface area is 143 Å². The van der Waals surface area contributed by atoms with Gasteiger partial charge in [0.1, 0.15) is 17.4 Å². The van der Waals surface area contributed by atoms with Gasteiger partial charge < -0.3 is 9.64 Å². The first-order valence-corrected chi connectivity index (χ1v) is 8.05. The molecule has 3 nitrogen and oxygen atoms in total. The highest BCUT2D eigenvalue weighted by Crippen LogP contribution is 2.31. The van der Waals surface area contributed by atoms with Crippen LogP contribution in [0.4, 0.5) is 14.5 Å². The van der Waals surface area contributed by atoms with Gasteiger partial charge in [-0.3, -0.25) is 4.79 Å². The minimum Gasteiger partial charge on any atom is -0.481 e. The molecule has 3 rings (SSSR count). The molecule has 0 saturated carbocycles. The van der Waals surface area contributed by atoms with Gasteiger partial charge in [-0.25, -0.2) is 8.78 Å². The highest BCUT2D eigenvalue weighted by atomic mass is 35.5. The molecule has 2 aromatic carbocycles. The molecule has 1 amide bonds. The minimum absolute atomic E-state index is 0.283. The molecule has 0 N–H and O–H groups in total. The standard InChI is InChI=1S/C18H16ClF2NO2/c1-11(24-14-5-2-4-12(19)8-14)18(23)22-7-3-6-15-16(21)9-13(20)10-17(15)22/h2,4-5,8-11H,3,6-7H2,1H3. The van der Waals surface area contributed by atoms with Gasteiger partial charge in [0.2, 0.25) is 0 Å². The average molecular weight is 352 g/mol. The van der Waals surface area contributed by atoms with Gasteiger partial charge in [0.25, 0.3) is 5.91 Å². The van der Waals surface area contributed by atoms with Crippen molar-refractivity contribution in [1.29, 1.82) is 0 Å². The Morgan fingerprint density at radius 3 is 2.83 bits per heavy atom. The Hall–Kier alpha value is -2.14. The van der Waals surface area contributed by atoms with Crippen LogP contribution in [0.1, 0.15) is 18.9 Å². The molecular formula is C18H16ClF2NO2. The zero-order chi connectivity index (χ0) is 17.3. The van der Waals surface area contributed by atoms with E-state index in [4.69, 9.17) is 16.3 Å². The SMILES string of the molecule is CC(Oc1cccc(Cl)c1)C(=O)N1CCCc2c(F)cc(F)cc21. The van der Waals surface area contributed by atoms with Crippen LogP contribution in [-0.4, -0.2) is 18.6 Å². The molecule has 1 unspecified atom stereocenters. The van der Waals surface area contributed by atoms with E-state index >= 15 is 0 Å². The molecule has 0 saturated heterocycles. The molecule has 1 aliphatic heterocycles. The Kier molecular flexibility index (Phi) is 4.71. The zero-order valence-electron chi connectivity index (χ0n) is 13.1. The largest absolute Gasteiger partial charge is 0.481 e. The van der Waals surface area contributed by atoms with Crippen molar-refractivity contribution in [3.63, 3.8) is 0 Å². The number of fused-ring (bicyclic) bond motifs is 1. The first kappa shape index (κ1) is 16.7. The van der Waals surface area contributed by atoms with E-state index in [0.717, 1.165) is 6.07 Å².